The van der Waals surface area contributed by atoms with Gasteiger partial charge in [0.15, 0.2) is 0 Å². The second-order valence-corrected chi connectivity index (χ2v) is 7.92. The van der Waals surface area contributed by atoms with Crippen LogP contribution in [0.1, 0.15) is 33.4 Å². The van der Waals surface area contributed by atoms with Crippen LogP contribution in [-0.2, 0) is 26.2 Å². The molecular formula is C26H27Cl3Zr. The molecule has 0 saturated heterocycles. The molecule has 4 rings (SSSR count). The third-order valence-corrected chi connectivity index (χ3v) is 6.05. The number of hydrogen-bond donors (Lipinski definition) is 0. The zero-order valence-corrected chi connectivity index (χ0v) is 23.1. The van der Waals surface area contributed by atoms with Gasteiger partial charge in [0.05, 0.1) is 0 Å². The number of fused-ring (bicyclic) bond motifs is 1. The molecule has 0 aliphatic heterocycles. The summed E-state index contributed by atoms with van der Waals surface area (Å²) in [5, 5.41) is 3.29. The summed E-state index contributed by atoms with van der Waals surface area (Å²) in [6, 6.07) is 18.8. The van der Waals surface area contributed by atoms with Crippen LogP contribution in [-0.4, -0.2) is 0 Å². The van der Waals surface area contributed by atoms with Crippen LogP contribution in [0.5, 0.6) is 0 Å². The Kier molecular flexibility index (Phi) is 11.9. The van der Waals surface area contributed by atoms with Gasteiger partial charge in [-0.05, 0) is 10.6 Å². The fraction of sp³-hybridized carbons (Fsp3) is 0.231. The van der Waals surface area contributed by atoms with Gasteiger partial charge in [-0.25, -0.2) is 0 Å². The maximum absolute atomic E-state index is 6.18. The van der Waals surface area contributed by atoms with Gasteiger partial charge in [0.25, 0.3) is 0 Å². The SMILES string of the molecule is Cc1c(C)c(C)[c-](C)c1C.Cc1cc2c(-c3ccccc3)cc(Cl)cc2[cH-]1.[Cl-].[Cl-].[Zr+4]. The molecule has 0 saturated carbocycles. The summed E-state index contributed by atoms with van der Waals surface area (Å²) in [6.45, 7) is 13.1. The molecule has 0 atom stereocenters. The monoisotopic (exact) mass is 534 g/mol. The molecule has 0 bridgehead atoms. The minimum atomic E-state index is 0. The summed E-state index contributed by atoms with van der Waals surface area (Å²) >= 11 is 6.18. The Bertz CT molecular complexity index is 1010. The molecule has 4 aromatic rings. The van der Waals surface area contributed by atoms with Crippen LogP contribution in [0, 0.1) is 41.5 Å². The molecule has 0 aliphatic rings. The number of aryl methyl sites for hydroxylation is 1. The number of halogens is 3. The second kappa shape index (κ2) is 12.3. The van der Waals surface area contributed by atoms with Crippen LogP contribution in [0.3, 0.4) is 0 Å². The molecule has 156 valence electrons. The van der Waals surface area contributed by atoms with Gasteiger partial charge in [0.1, 0.15) is 0 Å². The average Bonchev–Trinajstić information content (AvgIpc) is 3.11. The Morgan fingerprint density at radius 3 is 1.80 bits per heavy atom. The zero-order chi connectivity index (χ0) is 19.7. The molecule has 0 spiro atoms. The smallest absolute Gasteiger partial charge is 1.00 e. The van der Waals surface area contributed by atoms with Crippen LogP contribution >= 0.6 is 11.6 Å². The van der Waals surface area contributed by atoms with E-state index in [-0.39, 0.29) is 51.0 Å². The predicted octanol–water partition coefficient (Wildman–Crippen LogP) is 2.14. The Morgan fingerprint density at radius 1 is 0.800 bits per heavy atom. The van der Waals surface area contributed by atoms with E-state index in [0.717, 1.165) is 5.02 Å². The quantitative estimate of drug-likeness (QED) is 0.327. The van der Waals surface area contributed by atoms with E-state index in [9.17, 15) is 0 Å². The van der Waals surface area contributed by atoms with Gasteiger partial charge >= 0.3 is 26.2 Å². The van der Waals surface area contributed by atoms with Crippen LogP contribution in [0.2, 0.25) is 5.02 Å². The largest absolute Gasteiger partial charge is 4.00 e. The normalized spacial score (nSPS) is 9.70. The average molecular weight is 537 g/mol. The van der Waals surface area contributed by atoms with Crippen molar-refractivity contribution in [1.82, 2.24) is 0 Å². The van der Waals surface area contributed by atoms with Crippen molar-refractivity contribution in [2.45, 2.75) is 41.5 Å². The van der Waals surface area contributed by atoms with Crippen LogP contribution < -0.4 is 24.8 Å². The first-order valence-electron chi connectivity index (χ1n) is 9.41. The molecule has 4 aromatic carbocycles. The molecule has 0 aromatic heterocycles. The van der Waals surface area contributed by atoms with Crippen molar-refractivity contribution >= 4 is 22.4 Å². The molecule has 0 nitrogen and oxygen atoms in total. The van der Waals surface area contributed by atoms with Crippen LogP contribution in [0.4, 0.5) is 0 Å². The van der Waals surface area contributed by atoms with Gasteiger partial charge in [-0.15, -0.1) is 28.5 Å². The Hall–Kier alpha value is -0.847. The first-order valence-corrected chi connectivity index (χ1v) is 9.79. The second-order valence-electron chi connectivity index (χ2n) is 7.48. The Balaban J connectivity index is 0.000000569. The van der Waals surface area contributed by atoms with Gasteiger partial charge in [0.2, 0.25) is 0 Å². The molecule has 0 fully saturated rings. The molecular weight excluding hydrogens is 510 g/mol. The molecule has 0 amide bonds. The molecule has 0 aliphatic carbocycles. The summed E-state index contributed by atoms with van der Waals surface area (Å²) in [5.41, 5.74) is 11.0. The van der Waals surface area contributed by atoms with Crippen molar-refractivity contribution in [1.29, 1.82) is 0 Å². The topological polar surface area (TPSA) is 0 Å². The fourth-order valence-electron chi connectivity index (χ4n) is 3.70. The standard InChI is InChI=1S/C16H12Cl.C10H15.2ClH.Zr/c1-11-7-13-9-14(17)10-16(15(13)8-11)12-5-3-2-4-6-12;1-6-7(2)9(4)10(5)8(6)3;;;/h2-10H,1H3;1-5H3;2*1H;/q2*-1;;;+4/p-2. The van der Waals surface area contributed by atoms with E-state index < -0.39 is 0 Å². The van der Waals surface area contributed by atoms with Gasteiger partial charge in [-0.3, -0.25) is 0 Å². The predicted molar refractivity (Wildman–Crippen MR) is 120 cm³/mol. The summed E-state index contributed by atoms with van der Waals surface area (Å²) in [5.74, 6) is 0. The third-order valence-electron chi connectivity index (χ3n) is 5.83. The minimum absolute atomic E-state index is 0. The van der Waals surface area contributed by atoms with E-state index in [4.69, 9.17) is 11.6 Å². The Morgan fingerprint density at radius 2 is 1.33 bits per heavy atom. The van der Waals surface area contributed by atoms with Gasteiger partial charge < -0.3 is 24.8 Å². The van der Waals surface area contributed by atoms with Crippen LogP contribution in [0.15, 0.2) is 54.6 Å². The summed E-state index contributed by atoms with van der Waals surface area (Å²) < 4.78 is 0. The zero-order valence-electron chi connectivity index (χ0n) is 18.3. The van der Waals surface area contributed by atoms with Crippen molar-refractivity contribution in [2.75, 3.05) is 0 Å². The van der Waals surface area contributed by atoms with Crippen molar-refractivity contribution in [2.24, 2.45) is 0 Å². The number of hydrogen-bond acceptors (Lipinski definition) is 0. The van der Waals surface area contributed by atoms with E-state index in [2.05, 4.69) is 77.9 Å². The maximum Gasteiger partial charge on any atom is 4.00 e. The summed E-state index contributed by atoms with van der Waals surface area (Å²) in [4.78, 5) is 0. The third kappa shape index (κ3) is 6.11. The minimum Gasteiger partial charge on any atom is -1.00 e. The van der Waals surface area contributed by atoms with E-state index in [1.807, 2.05) is 18.2 Å². The fourth-order valence-corrected chi connectivity index (χ4v) is 3.92. The maximum atomic E-state index is 6.18. The summed E-state index contributed by atoms with van der Waals surface area (Å²) in [7, 11) is 0. The number of rotatable bonds is 1. The van der Waals surface area contributed by atoms with Crippen molar-refractivity contribution in [3.8, 4) is 11.1 Å². The molecule has 0 N–H and O–H groups in total. The molecule has 0 heterocycles. The first-order chi connectivity index (χ1) is 12.8. The van der Waals surface area contributed by atoms with Crippen molar-refractivity contribution in [3.63, 3.8) is 0 Å². The molecule has 0 unspecified atom stereocenters. The summed E-state index contributed by atoms with van der Waals surface area (Å²) in [6.07, 6.45) is 0. The molecule has 4 heteroatoms. The van der Waals surface area contributed by atoms with Crippen molar-refractivity contribution in [3.05, 3.63) is 93.0 Å². The van der Waals surface area contributed by atoms with Gasteiger partial charge in [-0.2, -0.15) is 33.9 Å². The Labute approximate surface area is 217 Å². The number of benzene rings is 2. The van der Waals surface area contributed by atoms with E-state index in [1.54, 1.807) is 0 Å². The van der Waals surface area contributed by atoms with E-state index in [1.165, 1.54) is 55.3 Å². The van der Waals surface area contributed by atoms with Crippen LogP contribution in [0.25, 0.3) is 21.9 Å². The van der Waals surface area contributed by atoms with Gasteiger partial charge in [0, 0.05) is 0 Å². The molecule has 0 radical (unpaired) electrons. The van der Waals surface area contributed by atoms with E-state index in [0.29, 0.717) is 0 Å². The van der Waals surface area contributed by atoms with Crippen molar-refractivity contribution < 1.29 is 51.0 Å². The van der Waals surface area contributed by atoms with Gasteiger partial charge in [-0.1, -0.05) is 95.1 Å². The van der Waals surface area contributed by atoms with E-state index >= 15 is 0 Å². The molecule has 30 heavy (non-hydrogen) atoms. The first kappa shape index (κ1) is 29.2.